The smallest absolute Gasteiger partial charge is 0.243 e. The van der Waals surface area contributed by atoms with Crippen molar-refractivity contribution >= 4 is 21.7 Å². The fourth-order valence-corrected chi connectivity index (χ4v) is 6.42. The van der Waals surface area contributed by atoms with E-state index in [0.717, 1.165) is 12.3 Å². The van der Waals surface area contributed by atoms with Crippen molar-refractivity contribution in [3.63, 3.8) is 0 Å². The normalized spacial score (nSPS) is 28.5. The summed E-state index contributed by atoms with van der Waals surface area (Å²) in [6.07, 6.45) is 4.64. The molecule has 3 unspecified atom stereocenters. The number of carbonyl (C=O) groups excluding carboxylic acids is 2. The molecule has 0 aromatic heterocycles. The average Bonchev–Trinajstić information content (AvgIpc) is 3.31. The van der Waals surface area contributed by atoms with E-state index >= 15 is 0 Å². The second-order valence-corrected chi connectivity index (χ2v) is 10.0. The highest BCUT2D eigenvalue weighted by atomic mass is 32.2. The van der Waals surface area contributed by atoms with Gasteiger partial charge in [-0.25, -0.2) is 8.42 Å². The molecule has 1 saturated heterocycles. The number of carbonyl (C=O) groups is 2. The summed E-state index contributed by atoms with van der Waals surface area (Å²) in [7, 11) is -3.65. The number of sulfonamides is 1. The molecule has 3 atom stereocenters. The molecule has 2 saturated carbocycles. The Labute approximate surface area is 160 Å². The first-order chi connectivity index (χ1) is 12.9. The molecule has 1 amide bonds. The first kappa shape index (κ1) is 18.6. The molecule has 2 bridgehead atoms. The fourth-order valence-electron chi connectivity index (χ4n) is 4.96. The van der Waals surface area contributed by atoms with E-state index in [0.29, 0.717) is 37.7 Å². The summed E-state index contributed by atoms with van der Waals surface area (Å²) in [5, 5.41) is 0. The average molecular weight is 391 g/mol. The Morgan fingerprint density at radius 2 is 1.78 bits per heavy atom. The van der Waals surface area contributed by atoms with Crippen molar-refractivity contribution in [1.82, 2.24) is 9.21 Å². The molecular formula is C20H26N2O4S. The molecule has 3 aliphatic rings. The van der Waals surface area contributed by atoms with E-state index in [1.54, 1.807) is 12.1 Å². The third-order valence-corrected chi connectivity index (χ3v) is 8.38. The van der Waals surface area contributed by atoms with Crippen molar-refractivity contribution in [2.24, 2.45) is 17.8 Å². The summed E-state index contributed by atoms with van der Waals surface area (Å²) >= 11 is 0. The monoisotopic (exact) mass is 390 g/mol. The lowest BCUT2D eigenvalue weighted by molar-refractivity contribution is -0.138. The van der Waals surface area contributed by atoms with Crippen molar-refractivity contribution < 1.29 is 18.0 Å². The number of ketones is 1. The van der Waals surface area contributed by atoms with Crippen LogP contribution in [-0.2, 0) is 14.8 Å². The van der Waals surface area contributed by atoms with Gasteiger partial charge in [0.25, 0.3) is 0 Å². The van der Waals surface area contributed by atoms with Gasteiger partial charge in [-0.3, -0.25) is 9.59 Å². The van der Waals surface area contributed by atoms with Gasteiger partial charge >= 0.3 is 0 Å². The number of rotatable bonds is 4. The molecule has 1 aromatic carbocycles. The Balaban J connectivity index is 1.42. The number of benzene rings is 1. The maximum absolute atomic E-state index is 12.9. The van der Waals surface area contributed by atoms with Gasteiger partial charge in [0.1, 0.15) is 0 Å². The van der Waals surface area contributed by atoms with Gasteiger partial charge in [0.2, 0.25) is 15.9 Å². The Bertz CT molecular complexity index is 858. The van der Waals surface area contributed by atoms with Crippen LogP contribution in [0.1, 0.15) is 43.0 Å². The highest BCUT2D eigenvalue weighted by molar-refractivity contribution is 7.89. The number of amides is 1. The van der Waals surface area contributed by atoms with Crippen molar-refractivity contribution in [3.8, 4) is 0 Å². The molecule has 0 spiro atoms. The molecule has 1 aromatic rings. The molecule has 1 aliphatic heterocycles. The van der Waals surface area contributed by atoms with Crippen LogP contribution in [0.15, 0.2) is 29.2 Å². The summed E-state index contributed by atoms with van der Waals surface area (Å²) in [4.78, 5) is 26.4. The zero-order chi connectivity index (χ0) is 19.2. The lowest BCUT2D eigenvalue weighted by Gasteiger charge is -2.36. The minimum atomic E-state index is -3.65. The highest BCUT2D eigenvalue weighted by Crippen LogP contribution is 2.48. The number of hydrogen-bond acceptors (Lipinski definition) is 4. The Kier molecular flexibility index (Phi) is 4.84. The van der Waals surface area contributed by atoms with Crippen LogP contribution in [0.2, 0.25) is 0 Å². The van der Waals surface area contributed by atoms with Crippen LogP contribution < -0.4 is 0 Å². The van der Waals surface area contributed by atoms with Gasteiger partial charge in [-0.1, -0.05) is 18.6 Å². The van der Waals surface area contributed by atoms with Crippen molar-refractivity contribution in [3.05, 3.63) is 29.8 Å². The summed E-state index contributed by atoms with van der Waals surface area (Å²) in [5.74, 6) is 1.48. The van der Waals surface area contributed by atoms with Gasteiger partial charge in [-0.15, -0.1) is 0 Å². The second-order valence-electron chi connectivity index (χ2n) is 8.09. The summed E-state index contributed by atoms with van der Waals surface area (Å²) in [6, 6.07) is 6.17. The predicted molar refractivity (Wildman–Crippen MR) is 101 cm³/mol. The van der Waals surface area contributed by atoms with Crippen LogP contribution in [0.5, 0.6) is 0 Å². The molecule has 0 radical (unpaired) electrons. The van der Waals surface area contributed by atoms with Crippen molar-refractivity contribution in [1.29, 1.82) is 0 Å². The molecule has 6 nitrogen and oxygen atoms in total. The van der Waals surface area contributed by atoms with E-state index in [-0.39, 0.29) is 22.5 Å². The molecule has 146 valence electrons. The molecular weight excluding hydrogens is 364 g/mol. The largest absolute Gasteiger partial charge is 0.340 e. The van der Waals surface area contributed by atoms with Gasteiger partial charge in [0, 0.05) is 37.7 Å². The number of hydrogen-bond donors (Lipinski definition) is 0. The van der Waals surface area contributed by atoms with Gasteiger partial charge < -0.3 is 4.90 Å². The van der Waals surface area contributed by atoms with E-state index in [9.17, 15) is 18.0 Å². The number of Topliss-reactive ketones (excluding diaryl/α,β-unsaturated/α-hetero) is 1. The minimum absolute atomic E-state index is 0.142. The fraction of sp³-hybridized carbons (Fsp3) is 0.600. The Morgan fingerprint density at radius 1 is 1.04 bits per heavy atom. The zero-order valence-electron chi connectivity index (χ0n) is 15.6. The van der Waals surface area contributed by atoms with E-state index in [1.165, 1.54) is 42.6 Å². The highest BCUT2D eigenvalue weighted by Gasteiger charge is 2.45. The van der Waals surface area contributed by atoms with Crippen LogP contribution in [0, 0.1) is 17.8 Å². The van der Waals surface area contributed by atoms with E-state index in [1.807, 2.05) is 4.90 Å². The standard InChI is InChI=1S/C20H26N2O4S/c1-14(23)16-3-2-4-18(13-16)27(25,26)22-9-7-21(8-10-22)20(24)19-12-15-5-6-17(19)11-15/h2-4,13,15,17,19H,5-12H2,1H3. The second kappa shape index (κ2) is 7.02. The van der Waals surface area contributed by atoms with E-state index in [4.69, 9.17) is 0 Å². The van der Waals surface area contributed by atoms with Crippen molar-refractivity contribution in [2.45, 2.75) is 37.5 Å². The summed E-state index contributed by atoms with van der Waals surface area (Å²) < 4.78 is 27.2. The van der Waals surface area contributed by atoms with Gasteiger partial charge in [0.15, 0.2) is 5.78 Å². The van der Waals surface area contributed by atoms with Crippen LogP contribution in [-0.4, -0.2) is 55.5 Å². The summed E-state index contributed by atoms with van der Waals surface area (Å²) in [6.45, 7) is 2.92. The minimum Gasteiger partial charge on any atom is -0.340 e. The topological polar surface area (TPSA) is 74.8 Å². The molecule has 2 aliphatic carbocycles. The maximum Gasteiger partial charge on any atom is 0.243 e. The van der Waals surface area contributed by atoms with Gasteiger partial charge in [0.05, 0.1) is 4.90 Å². The maximum atomic E-state index is 12.9. The quantitative estimate of drug-likeness (QED) is 0.739. The molecule has 3 fully saturated rings. The van der Waals surface area contributed by atoms with Crippen LogP contribution in [0.3, 0.4) is 0 Å². The lowest BCUT2D eigenvalue weighted by Crippen LogP contribution is -2.52. The third kappa shape index (κ3) is 3.43. The predicted octanol–water partition coefficient (Wildman–Crippen LogP) is 2.16. The first-order valence-corrected chi connectivity index (χ1v) is 11.2. The van der Waals surface area contributed by atoms with E-state index in [2.05, 4.69) is 0 Å². The third-order valence-electron chi connectivity index (χ3n) is 6.48. The van der Waals surface area contributed by atoms with Gasteiger partial charge in [-0.2, -0.15) is 4.31 Å². The number of fused-ring (bicyclic) bond motifs is 2. The number of piperazine rings is 1. The molecule has 1 heterocycles. The molecule has 4 rings (SSSR count). The summed E-state index contributed by atoms with van der Waals surface area (Å²) in [5.41, 5.74) is 0.390. The first-order valence-electron chi connectivity index (χ1n) is 9.76. The lowest BCUT2D eigenvalue weighted by atomic mass is 9.87. The van der Waals surface area contributed by atoms with Crippen molar-refractivity contribution in [2.75, 3.05) is 26.2 Å². The van der Waals surface area contributed by atoms with Gasteiger partial charge in [-0.05, 0) is 50.2 Å². The van der Waals surface area contributed by atoms with Crippen LogP contribution in [0.4, 0.5) is 0 Å². The molecule has 0 N–H and O–H groups in total. The van der Waals surface area contributed by atoms with E-state index < -0.39 is 10.0 Å². The number of nitrogens with zero attached hydrogens (tertiary/aromatic N) is 2. The molecule has 27 heavy (non-hydrogen) atoms. The molecule has 7 heteroatoms. The zero-order valence-corrected chi connectivity index (χ0v) is 16.5. The Hall–Kier alpha value is -1.73. The Morgan fingerprint density at radius 3 is 2.37 bits per heavy atom. The van der Waals surface area contributed by atoms with Crippen LogP contribution >= 0.6 is 0 Å². The van der Waals surface area contributed by atoms with Crippen LogP contribution in [0.25, 0.3) is 0 Å². The SMILES string of the molecule is CC(=O)c1cccc(S(=O)(=O)N2CCN(C(=O)C3CC4CCC3C4)CC2)c1.